The minimum Gasteiger partial charge on any atom is -0.313 e. The Morgan fingerprint density at radius 2 is 2.20 bits per heavy atom. The molecule has 0 aliphatic heterocycles. The zero-order chi connectivity index (χ0) is 7.66. The van der Waals surface area contributed by atoms with Gasteiger partial charge in [0.1, 0.15) is 0 Å². The highest BCUT2D eigenvalue weighted by Gasteiger charge is 1.84. The first-order valence-corrected chi connectivity index (χ1v) is 3.79. The average molecular weight is 145 g/mol. The second-order valence-corrected chi connectivity index (χ2v) is 2.17. The number of rotatable bonds is 6. The van der Waals surface area contributed by atoms with E-state index in [0.29, 0.717) is 6.42 Å². The minimum absolute atomic E-state index is 0.189. The monoisotopic (exact) mass is 145 g/mol. The van der Waals surface area contributed by atoms with Crippen LogP contribution in [0.4, 0.5) is 4.39 Å². The van der Waals surface area contributed by atoms with Gasteiger partial charge in [-0.15, -0.1) is 0 Å². The maximum atomic E-state index is 11.5. The van der Waals surface area contributed by atoms with E-state index in [9.17, 15) is 4.39 Å². The minimum atomic E-state index is -0.189. The van der Waals surface area contributed by atoms with Crippen LogP contribution in [-0.4, -0.2) is 19.8 Å². The normalized spacial score (nSPS) is 11.0. The van der Waals surface area contributed by atoms with Crippen LogP contribution in [0, 0.1) is 0 Å². The van der Waals surface area contributed by atoms with Gasteiger partial charge in [-0.25, -0.2) is 0 Å². The number of hydrogen-bond donors (Lipinski definition) is 1. The highest BCUT2D eigenvalue weighted by atomic mass is 19.1. The topological polar surface area (TPSA) is 12.0 Å². The van der Waals surface area contributed by atoms with Crippen LogP contribution >= 0.6 is 0 Å². The summed E-state index contributed by atoms with van der Waals surface area (Å²) in [7, 11) is 0. The lowest BCUT2D eigenvalue weighted by Crippen LogP contribution is -2.14. The molecule has 0 heterocycles. The van der Waals surface area contributed by atoms with Crippen molar-refractivity contribution in [3.8, 4) is 0 Å². The summed E-state index contributed by atoms with van der Waals surface area (Å²) in [5.74, 6) is 0. The molecular formula is C8H16FN. The Balaban J connectivity index is 2.77. The molecular weight excluding hydrogens is 129 g/mol. The Labute approximate surface area is 62.3 Å². The number of halogens is 1. The molecule has 60 valence electrons. The predicted octanol–water partition coefficient (Wildman–Crippen LogP) is 1.90. The standard InChI is InChI=1S/C8H16FN/c1-2-3-7-10-8-5-4-6-9/h2-3,10H,4-8H2,1H3/b3-2+. The van der Waals surface area contributed by atoms with E-state index in [1.54, 1.807) is 0 Å². The van der Waals surface area contributed by atoms with Gasteiger partial charge in [0.05, 0.1) is 6.67 Å². The predicted molar refractivity (Wildman–Crippen MR) is 42.9 cm³/mol. The van der Waals surface area contributed by atoms with Crippen molar-refractivity contribution in [1.29, 1.82) is 0 Å². The number of allylic oxidation sites excluding steroid dienone is 1. The molecule has 0 amide bonds. The van der Waals surface area contributed by atoms with E-state index in [2.05, 4.69) is 11.4 Å². The molecule has 0 radical (unpaired) electrons. The number of alkyl halides is 1. The Bertz CT molecular complexity index is 81.3. The number of unbranched alkanes of at least 4 members (excludes halogenated alkanes) is 1. The summed E-state index contributed by atoms with van der Waals surface area (Å²) in [5, 5.41) is 3.17. The van der Waals surface area contributed by atoms with Crippen LogP contribution in [0.2, 0.25) is 0 Å². The molecule has 1 nitrogen and oxygen atoms in total. The molecule has 0 rings (SSSR count). The maximum Gasteiger partial charge on any atom is 0.0894 e. The van der Waals surface area contributed by atoms with Crippen LogP contribution < -0.4 is 5.32 Å². The average Bonchev–Trinajstić information content (AvgIpc) is 1.97. The van der Waals surface area contributed by atoms with Crippen LogP contribution in [0.1, 0.15) is 19.8 Å². The molecule has 0 unspecified atom stereocenters. The lowest BCUT2D eigenvalue weighted by Gasteiger charge is -1.97. The molecule has 0 saturated heterocycles. The van der Waals surface area contributed by atoms with Gasteiger partial charge in [0.15, 0.2) is 0 Å². The summed E-state index contributed by atoms with van der Waals surface area (Å²) >= 11 is 0. The van der Waals surface area contributed by atoms with E-state index in [4.69, 9.17) is 0 Å². The Morgan fingerprint density at radius 3 is 2.80 bits per heavy atom. The van der Waals surface area contributed by atoms with Gasteiger partial charge >= 0.3 is 0 Å². The third kappa shape index (κ3) is 7.63. The lowest BCUT2D eigenvalue weighted by molar-refractivity contribution is 0.457. The first kappa shape index (κ1) is 9.63. The van der Waals surface area contributed by atoms with Crippen molar-refractivity contribution in [3.63, 3.8) is 0 Å². The zero-order valence-electron chi connectivity index (χ0n) is 6.57. The van der Waals surface area contributed by atoms with Gasteiger partial charge < -0.3 is 5.32 Å². The van der Waals surface area contributed by atoms with Gasteiger partial charge in [-0.05, 0) is 26.3 Å². The summed E-state index contributed by atoms with van der Waals surface area (Å²) in [5.41, 5.74) is 0. The molecule has 0 spiro atoms. The van der Waals surface area contributed by atoms with Crippen LogP contribution in [0.15, 0.2) is 12.2 Å². The molecule has 0 aromatic rings. The molecule has 0 saturated carbocycles. The second kappa shape index (κ2) is 8.63. The van der Waals surface area contributed by atoms with Crippen molar-refractivity contribution in [2.75, 3.05) is 19.8 Å². The van der Waals surface area contributed by atoms with Crippen LogP contribution in [0.5, 0.6) is 0 Å². The van der Waals surface area contributed by atoms with Gasteiger partial charge in [0.2, 0.25) is 0 Å². The van der Waals surface area contributed by atoms with E-state index in [-0.39, 0.29) is 6.67 Å². The Kier molecular flexibility index (Phi) is 8.31. The van der Waals surface area contributed by atoms with Gasteiger partial charge in [0.25, 0.3) is 0 Å². The van der Waals surface area contributed by atoms with E-state index < -0.39 is 0 Å². The molecule has 0 aliphatic carbocycles. The molecule has 0 aromatic carbocycles. The van der Waals surface area contributed by atoms with Crippen molar-refractivity contribution in [2.24, 2.45) is 0 Å². The molecule has 2 heteroatoms. The quantitative estimate of drug-likeness (QED) is 0.444. The molecule has 0 atom stereocenters. The van der Waals surface area contributed by atoms with Gasteiger partial charge in [-0.2, -0.15) is 0 Å². The van der Waals surface area contributed by atoms with Crippen LogP contribution in [0.25, 0.3) is 0 Å². The highest BCUT2D eigenvalue weighted by Crippen LogP contribution is 1.85. The van der Waals surface area contributed by atoms with Gasteiger partial charge in [-0.3, -0.25) is 4.39 Å². The van der Waals surface area contributed by atoms with Crippen molar-refractivity contribution < 1.29 is 4.39 Å². The summed E-state index contributed by atoms with van der Waals surface area (Å²) in [6.45, 7) is 3.63. The maximum absolute atomic E-state index is 11.5. The molecule has 0 bridgehead atoms. The molecule has 0 aliphatic rings. The van der Waals surface area contributed by atoms with Crippen LogP contribution in [-0.2, 0) is 0 Å². The SMILES string of the molecule is C/C=C/CNCCCCF. The van der Waals surface area contributed by atoms with Crippen molar-refractivity contribution in [2.45, 2.75) is 19.8 Å². The van der Waals surface area contributed by atoms with Crippen LogP contribution in [0.3, 0.4) is 0 Å². The third-order valence-corrected chi connectivity index (χ3v) is 1.24. The molecule has 1 N–H and O–H groups in total. The van der Waals surface area contributed by atoms with E-state index in [1.165, 1.54) is 0 Å². The van der Waals surface area contributed by atoms with Crippen molar-refractivity contribution in [1.82, 2.24) is 5.32 Å². The van der Waals surface area contributed by atoms with Gasteiger partial charge in [-0.1, -0.05) is 12.2 Å². The first-order valence-electron chi connectivity index (χ1n) is 3.79. The van der Waals surface area contributed by atoms with Crippen molar-refractivity contribution >= 4 is 0 Å². The fourth-order valence-corrected chi connectivity index (χ4v) is 0.648. The van der Waals surface area contributed by atoms with Crippen molar-refractivity contribution in [3.05, 3.63) is 12.2 Å². The fraction of sp³-hybridized carbons (Fsp3) is 0.750. The Hall–Kier alpha value is -0.370. The summed E-state index contributed by atoms with van der Waals surface area (Å²) in [6.07, 6.45) is 5.68. The molecule has 0 fully saturated rings. The highest BCUT2D eigenvalue weighted by molar-refractivity contribution is 4.78. The summed E-state index contributed by atoms with van der Waals surface area (Å²) < 4.78 is 11.5. The number of nitrogens with one attached hydrogen (secondary N) is 1. The zero-order valence-corrected chi connectivity index (χ0v) is 6.57. The van der Waals surface area contributed by atoms with E-state index in [1.807, 2.05) is 13.0 Å². The lowest BCUT2D eigenvalue weighted by atomic mass is 10.3. The van der Waals surface area contributed by atoms with Gasteiger partial charge in [0, 0.05) is 6.54 Å². The first-order chi connectivity index (χ1) is 4.91. The summed E-state index contributed by atoms with van der Waals surface area (Å²) in [4.78, 5) is 0. The smallest absolute Gasteiger partial charge is 0.0894 e. The fourth-order valence-electron chi connectivity index (χ4n) is 0.648. The number of hydrogen-bond acceptors (Lipinski definition) is 1. The Morgan fingerprint density at radius 1 is 1.40 bits per heavy atom. The van der Waals surface area contributed by atoms with E-state index in [0.717, 1.165) is 19.5 Å². The largest absolute Gasteiger partial charge is 0.313 e. The second-order valence-electron chi connectivity index (χ2n) is 2.17. The van der Waals surface area contributed by atoms with E-state index >= 15 is 0 Å². The third-order valence-electron chi connectivity index (χ3n) is 1.24. The summed E-state index contributed by atoms with van der Waals surface area (Å²) in [6, 6.07) is 0. The molecule has 10 heavy (non-hydrogen) atoms. The molecule has 0 aromatic heterocycles.